The molecule has 0 saturated heterocycles. The van der Waals surface area contributed by atoms with Crippen LogP contribution in [-0.4, -0.2) is 50.5 Å². The minimum Gasteiger partial charge on any atom is -0.355 e. The molecule has 0 aliphatic heterocycles. The van der Waals surface area contributed by atoms with E-state index in [1.165, 1.54) is 29.2 Å². The van der Waals surface area contributed by atoms with E-state index < -0.39 is 34.3 Å². The van der Waals surface area contributed by atoms with Crippen LogP contribution in [0.4, 0.5) is 10.1 Å². The van der Waals surface area contributed by atoms with Crippen LogP contribution in [0.1, 0.15) is 25.8 Å². The van der Waals surface area contributed by atoms with Gasteiger partial charge in [0.25, 0.3) is 0 Å². The number of halogens is 2. The van der Waals surface area contributed by atoms with Gasteiger partial charge < -0.3 is 10.2 Å². The summed E-state index contributed by atoms with van der Waals surface area (Å²) in [6.07, 6.45) is 1.37. The number of benzene rings is 2. The van der Waals surface area contributed by atoms with Crippen molar-refractivity contribution in [1.29, 1.82) is 0 Å². The summed E-state index contributed by atoms with van der Waals surface area (Å²) in [5, 5.41) is 2.72. The molecule has 0 spiro atoms. The minimum absolute atomic E-state index is 0.0407. The molecule has 0 saturated carbocycles. The third-order valence-corrected chi connectivity index (χ3v) is 6.66. The molecule has 10 heteroatoms. The normalized spacial score (nSPS) is 12.2. The Labute approximate surface area is 202 Å². The van der Waals surface area contributed by atoms with Crippen LogP contribution < -0.4 is 9.62 Å². The largest absolute Gasteiger partial charge is 0.355 e. The molecular formula is C22H27FIN3O4S. The monoisotopic (exact) mass is 575 g/mol. The molecule has 1 atom stereocenters. The predicted octanol–water partition coefficient (Wildman–Crippen LogP) is 3.14. The summed E-state index contributed by atoms with van der Waals surface area (Å²) >= 11 is 2.11. The van der Waals surface area contributed by atoms with Crippen molar-refractivity contribution >= 4 is 50.1 Å². The van der Waals surface area contributed by atoms with Crippen LogP contribution in [0.3, 0.4) is 0 Å². The fraction of sp³-hybridized carbons (Fsp3) is 0.364. The van der Waals surface area contributed by atoms with Gasteiger partial charge >= 0.3 is 0 Å². The van der Waals surface area contributed by atoms with Gasteiger partial charge in [-0.2, -0.15) is 0 Å². The first-order valence-corrected chi connectivity index (χ1v) is 13.0. The summed E-state index contributed by atoms with van der Waals surface area (Å²) in [4.78, 5) is 27.4. The highest BCUT2D eigenvalue weighted by molar-refractivity contribution is 14.1. The summed E-state index contributed by atoms with van der Waals surface area (Å²) in [5.41, 5.74) is 0.983. The van der Waals surface area contributed by atoms with Crippen LogP contribution in [0.5, 0.6) is 0 Å². The first-order valence-electron chi connectivity index (χ1n) is 10.1. The maximum absolute atomic E-state index is 13.4. The van der Waals surface area contributed by atoms with Gasteiger partial charge in [-0.1, -0.05) is 19.1 Å². The van der Waals surface area contributed by atoms with E-state index in [1.54, 1.807) is 38.1 Å². The smallest absolute Gasteiger partial charge is 0.244 e. The highest BCUT2D eigenvalue weighted by Crippen LogP contribution is 2.21. The lowest BCUT2D eigenvalue weighted by atomic mass is 10.1. The lowest BCUT2D eigenvalue weighted by Crippen LogP contribution is -2.52. The fourth-order valence-electron chi connectivity index (χ4n) is 3.22. The van der Waals surface area contributed by atoms with E-state index in [-0.39, 0.29) is 12.5 Å². The summed E-state index contributed by atoms with van der Waals surface area (Å²) in [5.74, 6) is -1.27. The van der Waals surface area contributed by atoms with Crippen LogP contribution in [0.2, 0.25) is 0 Å². The number of carbonyl (C=O) groups excluding carboxylic acids is 2. The van der Waals surface area contributed by atoms with E-state index in [0.717, 1.165) is 14.1 Å². The Morgan fingerprint density at radius 2 is 1.66 bits per heavy atom. The second-order valence-corrected chi connectivity index (χ2v) is 10.4. The van der Waals surface area contributed by atoms with Crippen LogP contribution in [0.15, 0.2) is 48.5 Å². The molecule has 2 amide bonds. The highest BCUT2D eigenvalue weighted by atomic mass is 127. The predicted molar refractivity (Wildman–Crippen MR) is 131 cm³/mol. The summed E-state index contributed by atoms with van der Waals surface area (Å²) in [7, 11) is -3.77. The Morgan fingerprint density at radius 1 is 1.06 bits per heavy atom. The Kier molecular flexibility index (Phi) is 9.44. The first kappa shape index (κ1) is 26.0. The topological polar surface area (TPSA) is 86.8 Å². The molecule has 0 fully saturated rings. The average Bonchev–Trinajstić information content (AvgIpc) is 2.73. The van der Waals surface area contributed by atoms with Crippen molar-refractivity contribution in [2.24, 2.45) is 0 Å². The Morgan fingerprint density at radius 3 is 2.16 bits per heavy atom. The van der Waals surface area contributed by atoms with Crippen LogP contribution in [0.25, 0.3) is 0 Å². The summed E-state index contributed by atoms with van der Waals surface area (Å²) < 4.78 is 40.2. The molecular weight excluding hydrogens is 548 g/mol. The Bertz CT molecular complexity index is 1030. The lowest BCUT2D eigenvalue weighted by Gasteiger charge is -2.32. The molecule has 0 aliphatic carbocycles. The van der Waals surface area contributed by atoms with Gasteiger partial charge in [0.15, 0.2) is 0 Å². The molecule has 0 unspecified atom stereocenters. The maximum Gasteiger partial charge on any atom is 0.244 e. The number of nitrogens with zero attached hydrogens (tertiary/aromatic N) is 2. The number of hydrogen-bond donors (Lipinski definition) is 1. The van der Waals surface area contributed by atoms with Gasteiger partial charge in [0.2, 0.25) is 21.8 Å². The van der Waals surface area contributed by atoms with Gasteiger partial charge in [-0.05, 0) is 77.9 Å². The van der Waals surface area contributed by atoms with E-state index in [4.69, 9.17) is 0 Å². The van der Waals surface area contributed by atoms with Crippen LogP contribution >= 0.6 is 22.6 Å². The van der Waals surface area contributed by atoms with E-state index in [9.17, 15) is 22.4 Å². The second-order valence-electron chi connectivity index (χ2n) is 7.21. The van der Waals surface area contributed by atoms with Crippen molar-refractivity contribution in [2.75, 3.05) is 23.7 Å². The molecule has 2 rings (SSSR count). The number of amides is 2. The van der Waals surface area contributed by atoms with Gasteiger partial charge in [-0.3, -0.25) is 13.9 Å². The molecule has 174 valence electrons. The number of carbonyl (C=O) groups is 2. The number of nitrogens with one attached hydrogen (secondary N) is 1. The zero-order valence-corrected chi connectivity index (χ0v) is 21.2. The quantitative estimate of drug-likeness (QED) is 0.442. The summed E-state index contributed by atoms with van der Waals surface area (Å²) in [6.45, 7) is 3.53. The minimum atomic E-state index is -3.77. The van der Waals surface area contributed by atoms with Gasteiger partial charge in [-0.15, -0.1) is 0 Å². The van der Waals surface area contributed by atoms with Crippen molar-refractivity contribution in [3.05, 3.63) is 63.5 Å². The summed E-state index contributed by atoms with van der Waals surface area (Å²) in [6, 6.07) is 11.6. The lowest BCUT2D eigenvalue weighted by molar-refractivity contribution is -0.140. The SMILES string of the molecule is CCNC(=O)[C@H](CC)N(Cc1ccc(F)cc1)C(=O)CN(c1ccc(I)cc1)S(C)(=O)=O. The molecule has 32 heavy (non-hydrogen) atoms. The fourth-order valence-corrected chi connectivity index (χ4v) is 4.43. The molecule has 7 nitrogen and oxygen atoms in total. The first-order chi connectivity index (χ1) is 15.1. The van der Waals surface area contributed by atoms with E-state index in [1.807, 2.05) is 0 Å². The third-order valence-electron chi connectivity index (χ3n) is 4.80. The standard InChI is InChI=1S/C22H27FIN3O4S/c1-4-20(22(29)25-5-2)26(14-16-6-8-17(23)9-7-16)21(28)15-27(32(3,30)31)19-12-10-18(24)11-13-19/h6-13,20H,4-5,14-15H2,1-3H3,(H,25,29)/t20-/m0/s1. The molecule has 0 aromatic heterocycles. The highest BCUT2D eigenvalue weighted by Gasteiger charge is 2.31. The van der Waals surface area contributed by atoms with E-state index in [0.29, 0.717) is 24.2 Å². The molecule has 0 heterocycles. The number of hydrogen-bond acceptors (Lipinski definition) is 4. The zero-order chi connectivity index (χ0) is 23.9. The zero-order valence-electron chi connectivity index (χ0n) is 18.2. The van der Waals surface area contributed by atoms with Crippen LogP contribution in [0, 0.1) is 9.39 Å². The van der Waals surface area contributed by atoms with Crippen molar-refractivity contribution in [1.82, 2.24) is 10.2 Å². The molecule has 0 bridgehead atoms. The second kappa shape index (κ2) is 11.6. The molecule has 2 aromatic rings. The van der Waals surface area contributed by atoms with Gasteiger partial charge in [0.05, 0.1) is 11.9 Å². The third kappa shape index (κ3) is 7.16. The van der Waals surface area contributed by atoms with Crippen molar-refractivity contribution in [3.63, 3.8) is 0 Å². The van der Waals surface area contributed by atoms with E-state index >= 15 is 0 Å². The number of rotatable bonds is 10. The van der Waals surface area contributed by atoms with E-state index in [2.05, 4.69) is 27.9 Å². The number of anilines is 1. The van der Waals surface area contributed by atoms with Gasteiger partial charge in [-0.25, -0.2) is 12.8 Å². The Hall–Kier alpha value is -2.21. The molecule has 2 aromatic carbocycles. The van der Waals surface area contributed by atoms with Gasteiger partial charge in [0.1, 0.15) is 18.4 Å². The van der Waals surface area contributed by atoms with Gasteiger partial charge in [0, 0.05) is 16.7 Å². The molecule has 0 radical (unpaired) electrons. The number of likely N-dealkylation sites (N-methyl/N-ethyl adjacent to an activating group) is 1. The number of sulfonamides is 1. The van der Waals surface area contributed by atoms with Crippen molar-refractivity contribution in [2.45, 2.75) is 32.9 Å². The Balaban J connectivity index is 2.40. The van der Waals surface area contributed by atoms with Crippen molar-refractivity contribution in [3.8, 4) is 0 Å². The maximum atomic E-state index is 13.4. The molecule has 0 aliphatic rings. The molecule has 1 N–H and O–H groups in total. The van der Waals surface area contributed by atoms with Crippen molar-refractivity contribution < 1.29 is 22.4 Å². The average molecular weight is 575 g/mol. The van der Waals surface area contributed by atoms with Crippen LogP contribution in [-0.2, 0) is 26.2 Å².